The molecule has 1 fully saturated rings. The van der Waals surface area contributed by atoms with Crippen LogP contribution in [0.1, 0.15) is 20.3 Å². The van der Waals surface area contributed by atoms with Gasteiger partial charge in [0.1, 0.15) is 0 Å². The smallest absolute Gasteiger partial charge is 0.223 e. The molecule has 0 aromatic heterocycles. The van der Waals surface area contributed by atoms with Crippen molar-refractivity contribution in [2.45, 2.75) is 37.2 Å². The summed E-state index contributed by atoms with van der Waals surface area (Å²) in [5.74, 6) is -0.213. The maximum absolute atomic E-state index is 12.6. The standard InChI is InChI=1S/C19H31N3O3S/c1-16-14-21(15-17(2)22(16)12-11-20(3)4)19(23)10-13-26(24,25)18-8-6-5-7-9-18/h5-9,16-17H,10-15H2,1-4H3. The summed E-state index contributed by atoms with van der Waals surface area (Å²) in [6.07, 6.45) is 0.0361. The molecule has 0 spiro atoms. The van der Waals surface area contributed by atoms with Crippen molar-refractivity contribution in [3.8, 4) is 0 Å². The molecule has 1 aromatic rings. The molecule has 1 aliphatic rings. The van der Waals surface area contributed by atoms with E-state index in [0.29, 0.717) is 13.1 Å². The van der Waals surface area contributed by atoms with Crippen LogP contribution < -0.4 is 0 Å². The minimum atomic E-state index is -3.41. The van der Waals surface area contributed by atoms with Gasteiger partial charge in [-0.15, -0.1) is 0 Å². The van der Waals surface area contributed by atoms with E-state index in [2.05, 4.69) is 37.7 Å². The second-order valence-corrected chi connectivity index (χ2v) is 9.53. The average molecular weight is 382 g/mol. The van der Waals surface area contributed by atoms with E-state index >= 15 is 0 Å². The maximum atomic E-state index is 12.6. The highest BCUT2D eigenvalue weighted by molar-refractivity contribution is 7.91. The fourth-order valence-corrected chi connectivity index (χ4v) is 4.69. The van der Waals surface area contributed by atoms with Gasteiger partial charge in [-0.3, -0.25) is 9.69 Å². The lowest BCUT2D eigenvalue weighted by atomic mass is 10.1. The van der Waals surface area contributed by atoms with Crippen molar-refractivity contribution in [1.29, 1.82) is 0 Å². The molecule has 26 heavy (non-hydrogen) atoms. The number of hydrogen-bond acceptors (Lipinski definition) is 5. The Morgan fingerprint density at radius 2 is 1.69 bits per heavy atom. The first-order valence-electron chi connectivity index (χ1n) is 9.17. The van der Waals surface area contributed by atoms with Gasteiger partial charge in [-0.1, -0.05) is 18.2 Å². The molecular formula is C19H31N3O3S. The third-order valence-corrected chi connectivity index (χ3v) is 6.68. The Kier molecular flexibility index (Phi) is 7.20. The highest BCUT2D eigenvalue weighted by Gasteiger charge is 2.31. The second kappa shape index (κ2) is 8.97. The summed E-state index contributed by atoms with van der Waals surface area (Å²) in [6.45, 7) is 7.53. The number of sulfone groups is 1. The van der Waals surface area contributed by atoms with Crippen LogP contribution in [0.2, 0.25) is 0 Å². The Labute approximate surface area is 157 Å². The van der Waals surface area contributed by atoms with Crippen LogP contribution in [-0.4, -0.2) is 87.1 Å². The number of hydrogen-bond donors (Lipinski definition) is 0. The molecule has 1 heterocycles. The Morgan fingerprint density at radius 1 is 1.12 bits per heavy atom. The summed E-state index contributed by atoms with van der Waals surface area (Å²) < 4.78 is 24.7. The number of carbonyl (C=O) groups excluding carboxylic acids is 1. The normalized spacial score (nSPS) is 22.0. The van der Waals surface area contributed by atoms with E-state index < -0.39 is 9.84 Å². The van der Waals surface area contributed by atoms with E-state index in [4.69, 9.17) is 0 Å². The van der Waals surface area contributed by atoms with Gasteiger partial charge in [0.05, 0.1) is 10.6 Å². The molecule has 146 valence electrons. The molecule has 0 radical (unpaired) electrons. The molecule has 1 amide bonds. The van der Waals surface area contributed by atoms with Gasteiger partial charge in [0.25, 0.3) is 0 Å². The van der Waals surface area contributed by atoms with E-state index in [1.807, 2.05) is 4.90 Å². The van der Waals surface area contributed by atoms with Crippen LogP contribution >= 0.6 is 0 Å². The minimum absolute atomic E-state index is 0.0361. The molecule has 7 heteroatoms. The summed E-state index contributed by atoms with van der Waals surface area (Å²) >= 11 is 0. The Balaban J connectivity index is 1.91. The van der Waals surface area contributed by atoms with Gasteiger partial charge in [0.2, 0.25) is 5.91 Å². The highest BCUT2D eigenvalue weighted by atomic mass is 32.2. The number of piperazine rings is 1. The minimum Gasteiger partial charge on any atom is -0.340 e. The van der Waals surface area contributed by atoms with Crippen molar-refractivity contribution in [3.05, 3.63) is 30.3 Å². The molecule has 1 saturated heterocycles. The fraction of sp³-hybridized carbons (Fsp3) is 0.632. The number of amides is 1. The molecule has 1 aliphatic heterocycles. The number of nitrogens with zero attached hydrogens (tertiary/aromatic N) is 3. The van der Waals surface area contributed by atoms with Crippen LogP contribution in [0.25, 0.3) is 0 Å². The molecule has 0 saturated carbocycles. The third-order valence-electron chi connectivity index (χ3n) is 4.95. The molecule has 1 aromatic carbocycles. The summed E-state index contributed by atoms with van der Waals surface area (Å²) in [5, 5.41) is 0. The second-order valence-electron chi connectivity index (χ2n) is 7.42. The first kappa shape index (κ1) is 20.9. The fourth-order valence-electron chi connectivity index (χ4n) is 3.44. The lowest BCUT2D eigenvalue weighted by Crippen LogP contribution is -2.59. The molecular weight excluding hydrogens is 350 g/mol. The predicted molar refractivity (Wildman–Crippen MR) is 104 cm³/mol. The molecule has 0 N–H and O–H groups in total. The van der Waals surface area contributed by atoms with Crippen molar-refractivity contribution < 1.29 is 13.2 Å². The quantitative estimate of drug-likeness (QED) is 0.713. The van der Waals surface area contributed by atoms with Crippen LogP contribution in [0.5, 0.6) is 0 Å². The lowest BCUT2D eigenvalue weighted by molar-refractivity contribution is -0.135. The van der Waals surface area contributed by atoms with E-state index in [0.717, 1.165) is 13.1 Å². The summed E-state index contributed by atoms with van der Waals surface area (Å²) in [6, 6.07) is 8.88. The zero-order chi connectivity index (χ0) is 19.3. The number of carbonyl (C=O) groups is 1. The third kappa shape index (κ3) is 5.53. The van der Waals surface area contributed by atoms with Crippen LogP contribution in [0, 0.1) is 0 Å². The van der Waals surface area contributed by atoms with Crippen molar-refractivity contribution >= 4 is 15.7 Å². The molecule has 2 unspecified atom stereocenters. The number of benzene rings is 1. The van der Waals surface area contributed by atoms with Gasteiger partial charge in [0, 0.05) is 44.7 Å². The van der Waals surface area contributed by atoms with E-state index in [9.17, 15) is 13.2 Å². The molecule has 6 nitrogen and oxygen atoms in total. The van der Waals surface area contributed by atoms with Crippen LogP contribution in [0.3, 0.4) is 0 Å². The average Bonchev–Trinajstić information content (AvgIpc) is 2.59. The molecule has 2 rings (SSSR count). The van der Waals surface area contributed by atoms with Gasteiger partial charge in [-0.05, 0) is 40.1 Å². The largest absolute Gasteiger partial charge is 0.340 e. The van der Waals surface area contributed by atoms with Crippen LogP contribution in [0.4, 0.5) is 0 Å². The molecule has 2 atom stereocenters. The summed E-state index contributed by atoms with van der Waals surface area (Å²) in [7, 11) is 0.702. The van der Waals surface area contributed by atoms with Gasteiger partial charge in [0.15, 0.2) is 9.84 Å². The Morgan fingerprint density at radius 3 is 2.23 bits per heavy atom. The van der Waals surface area contributed by atoms with Crippen molar-refractivity contribution in [2.75, 3.05) is 46.0 Å². The molecule has 0 aliphatic carbocycles. The van der Waals surface area contributed by atoms with Crippen LogP contribution in [0.15, 0.2) is 35.2 Å². The summed E-state index contributed by atoms with van der Waals surface area (Å²) in [4.78, 5) is 19.3. The Bertz CT molecular complexity index is 679. The van der Waals surface area contributed by atoms with E-state index in [-0.39, 0.29) is 35.1 Å². The first-order chi connectivity index (χ1) is 12.2. The highest BCUT2D eigenvalue weighted by Crippen LogP contribution is 2.17. The number of likely N-dealkylation sites (N-methyl/N-ethyl adjacent to an activating group) is 1. The van der Waals surface area contributed by atoms with Crippen molar-refractivity contribution in [2.24, 2.45) is 0 Å². The first-order valence-corrected chi connectivity index (χ1v) is 10.8. The van der Waals surface area contributed by atoms with Crippen LogP contribution in [-0.2, 0) is 14.6 Å². The zero-order valence-corrected chi connectivity index (χ0v) is 17.1. The SMILES string of the molecule is CC1CN(C(=O)CCS(=O)(=O)c2ccccc2)CC(C)N1CCN(C)C. The molecule has 0 bridgehead atoms. The maximum Gasteiger partial charge on any atom is 0.223 e. The van der Waals surface area contributed by atoms with Gasteiger partial charge in [-0.2, -0.15) is 0 Å². The topological polar surface area (TPSA) is 60.9 Å². The Hall–Kier alpha value is -1.44. The number of rotatable bonds is 7. The van der Waals surface area contributed by atoms with Crippen molar-refractivity contribution in [1.82, 2.24) is 14.7 Å². The van der Waals surface area contributed by atoms with Gasteiger partial charge in [-0.25, -0.2) is 8.42 Å². The zero-order valence-electron chi connectivity index (χ0n) is 16.3. The summed E-state index contributed by atoms with van der Waals surface area (Å²) in [5.41, 5.74) is 0. The lowest BCUT2D eigenvalue weighted by Gasteiger charge is -2.44. The predicted octanol–water partition coefficient (Wildman–Crippen LogP) is 1.33. The van der Waals surface area contributed by atoms with E-state index in [1.54, 1.807) is 30.3 Å². The van der Waals surface area contributed by atoms with Gasteiger partial charge < -0.3 is 9.80 Å². The van der Waals surface area contributed by atoms with E-state index in [1.165, 1.54) is 0 Å². The van der Waals surface area contributed by atoms with Gasteiger partial charge >= 0.3 is 0 Å². The monoisotopic (exact) mass is 381 g/mol. The van der Waals surface area contributed by atoms with Crippen molar-refractivity contribution in [3.63, 3.8) is 0 Å².